The summed E-state index contributed by atoms with van der Waals surface area (Å²) in [5.74, 6) is -0.365. The molecule has 1 aromatic carbocycles. The largest absolute Gasteiger partial charge is 0.465 e. The van der Waals surface area contributed by atoms with Gasteiger partial charge in [-0.05, 0) is 43.5 Å². The SMILES string of the molecule is CCOC(=O)N1CCCc2cc(C(=O)OC)ccc21. The number of carbonyl (C=O) groups is 2. The minimum atomic E-state index is -0.365. The minimum absolute atomic E-state index is 0.339. The molecule has 0 aromatic heterocycles. The van der Waals surface area contributed by atoms with Crippen molar-refractivity contribution in [2.45, 2.75) is 19.8 Å². The number of rotatable bonds is 2. The highest BCUT2D eigenvalue weighted by Gasteiger charge is 2.24. The van der Waals surface area contributed by atoms with Gasteiger partial charge < -0.3 is 9.47 Å². The van der Waals surface area contributed by atoms with Crippen molar-refractivity contribution in [3.8, 4) is 0 Å². The number of ether oxygens (including phenoxy) is 2. The molecule has 102 valence electrons. The van der Waals surface area contributed by atoms with E-state index in [1.165, 1.54) is 7.11 Å². The first kappa shape index (κ1) is 13.4. The molecule has 0 atom stereocenters. The van der Waals surface area contributed by atoms with Crippen LogP contribution in [0.25, 0.3) is 0 Å². The molecule has 0 saturated carbocycles. The molecule has 0 spiro atoms. The minimum Gasteiger partial charge on any atom is -0.465 e. The van der Waals surface area contributed by atoms with Crippen LogP contribution in [-0.2, 0) is 15.9 Å². The highest BCUT2D eigenvalue weighted by atomic mass is 16.6. The Morgan fingerprint density at radius 1 is 1.37 bits per heavy atom. The van der Waals surface area contributed by atoms with Gasteiger partial charge in [0.25, 0.3) is 0 Å². The van der Waals surface area contributed by atoms with Crippen molar-refractivity contribution in [3.05, 3.63) is 29.3 Å². The Balaban J connectivity index is 2.30. The van der Waals surface area contributed by atoms with Gasteiger partial charge in [0.1, 0.15) is 0 Å². The van der Waals surface area contributed by atoms with Crippen molar-refractivity contribution in [1.29, 1.82) is 0 Å². The Labute approximate surface area is 112 Å². The molecular formula is C14H17NO4. The quantitative estimate of drug-likeness (QED) is 0.769. The third-order valence-corrected chi connectivity index (χ3v) is 3.11. The predicted molar refractivity (Wildman–Crippen MR) is 70.5 cm³/mol. The summed E-state index contributed by atoms with van der Waals surface area (Å²) in [5, 5.41) is 0. The maximum Gasteiger partial charge on any atom is 0.414 e. The Bertz CT molecular complexity index is 498. The van der Waals surface area contributed by atoms with Gasteiger partial charge in [0.05, 0.1) is 25.0 Å². The van der Waals surface area contributed by atoms with Crippen LogP contribution in [-0.4, -0.2) is 32.3 Å². The third kappa shape index (κ3) is 2.70. The molecule has 1 heterocycles. The first-order valence-corrected chi connectivity index (χ1v) is 6.33. The van der Waals surface area contributed by atoms with Crippen molar-refractivity contribution < 1.29 is 19.1 Å². The molecule has 0 bridgehead atoms. The number of hydrogen-bond donors (Lipinski definition) is 0. The van der Waals surface area contributed by atoms with Crippen LogP contribution in [0.1, 0.15) is 29.3 Å². The molecule has 2 rings (SSSR count). The summed E-state index contributed by atoms with van der Waals surface area (Å²) in [4.78, 5) is 25.0. The summed E-state index contributed by atoms with van der Waals surface area (Å²) in [6.45, 7) is 2.78. The average Bonchev–Trinajstić information content (AvgIpc) is 2.45. The standard InChI is InChI=1S/C14H17NO4/c1-3-19-14(17)15-8-4-5-10-9-11(13(16)18-2)6-7-12(10)15/h6-7,9H,3-5,8H2,1-2H3. The smallest absolute Gasteiger partial charge is 0.414 e. The van der Waals surface area contributed by atoms with E-state index in [-0.39, 0.29) is 12.1 Å². The molecule has 0 aliphatic carbocycles. The van der Waals surface area contributed by atoms with E-state index >= 15 is 0 Å². The van der Waals surface area contributed by atoms with Gasteiger partial charge in [-0.1, -0.05) is 0 Å². The van der Waals surface area contributed by atoms with Crippen LogP contribution in [0.4, 0.5) is 10.5 Å². The molecule has 0 fully saturated rings. The summed E-state index contributed by atoms with van der Waals surface area (Å²) in [6.07, 6.45) is 1.36. The van der Waals surface area contributed by atoms with Crippen LogP contribution in [0, 0.1) is 0 Å². The lowest BCUT2D eigenvalue weighted by Crippen LogP contribution is -2.36. The molecule has 0 saturated heterocycles. The van der Waals surface area contributed by atoms with Crippen molar-refractivity contribution >= 4 is 17.7 Å². The molecule has 1 aliphatic rings. The summed E-state index contributed by atoms with van der Waals surface area (Å²) < 4.78 is 9.73. The zero-order valence-electron chi connectivity index (χ0n) is 11.1. The van der Waals surface area contributed by atoms with Crippen molar-refractivity contribution in [2.24, 2.45) is 0 Å². The van der Waals surface area contributed by atoms with E-state index < -0.39 is 0 Å². The number of benzene rings is 1. The number of aryl methyl sites for hydroxylation is 1. The van der Waals surface area contributed by atoms with E-state index in [4.69, 9.17) is 9.47 Å². The normalized spacial score (nSPS) is 13.7. The number of hydrogen-bond acceptors (Lipinski definition) is 4. The second kappa shape index (κ2) is 5.73. The second-order valence-electron chi connectivity index (χ2n) is 4.29. The summed E-state index contributed by atoms with van der Waals surface area (Å²) >= 11 is 0. The molecule has 5 nitrogen and oxygen atoms in total. The third-order valence-electron chi connectivity index (χ3n) is 3.11. The number of methoxy groups -OCH3 is 1. The predicted octanol–water partition coefficient (Wildman–Crippen LogP) is 2.38. The maximum atomic E-state index is 11.8. The highest BCUT2D eigenvalue weighted by molar-refractivity contribution is 5.93. The monoisotopic (exact) mass is 263 g/mol. The fraction of sp³-hybridized carbons (Fsp3) is 0.429. The van der Waals surface area contributed by atoms with Crippen molar-refractivity contribution in [2.75, 3.05) is 25.2 Å². The Kier molecular flexibility index (Phi) is 4.04. The molecular weight excluding hydrogens is 246 g/mol. The number of carbonyl (C=O) groups excluding carboxylic acids is 2. The lowest BCUT2D eigenvalue weighted by atomic mass is 9.99. The highest BCUT2D eigenvalue weighted by Crippen LogP contribution is 2.28. The topological polar surface area (TPSA) is 55.8 Å². The Morgan fingerprint density at radius 2 is 2.16 bits per heavy atom. The van der Waals surface area contributed by atoms with E-state index in [2.05, 4.69) is 0 Å². The molecule has 0 radical (unpaired) electrons. The Hall–Kier alpha value is -2.04. The summed E-state index contributed by atoms with van der Waals surface area (Å²) in [5.41, 5.74) is 2.30. The van der Waals surface area contributed by atoms with E-state index in [0.29, 0.717) is 18.7 Å². The van der Waals surface area contributed by atoms with Gasteiger partial charge in [-0.2, -0.15) is 0 Å². The molecule has 1 aromatic rings. The molecule has 1 amide bonds. The first-order chi connectivity index (χ1) is 9.17. The lowest BCUT2D eigenvalue weighted by Gasteiger charge is -2.28. The van der Waals surface area contributed by atoms with Gasteiger partial charge >= 0.3 is 12.1 Å². The maximum absolute atomic E-state index is 11.8. The van der Waals surface area contributed by atoms with Crippen LogP contribution in [0.5, 0.6) is 0 Å². The molecule has 0 unspecified atom stereocenters. The van der Waals surface area contributed by atoms with Crippen LogP contribution >= 0.6 is 0 Å². The lowest BCUT2D eigenvalue weighted by molar-refractivity contribution is 0.0600. The van der Waals surface area contributed by atoms with Gasteiger partial charge in [-0.25, -0.2) is 9.59 Å². The summed E-state index contributed by atoms with van der Waals surface area (Å²) in [7, 11) is 1.35. The molecule has 1 aliphatic heterocycles. The number of amides is 1. The van der Waals surface area contributed by atoms with Crippen LogP contribution in [0.2, 0.25) is 0 Å². The molecule has 0 N–H and O–H groups in total. The van der Waals surface area contributed by atoms with Crippen molar-refractivity contribution in [1.82, 2.24) is 0 Å². The van der Waals surface area contributed by atoms with Crippen LogP contribution in [0.3, 0.4) is 0 Å². The molecule has 19 heavy (non-hydrogen) atoms. The van der Waals surface area contributed by atoms with Crippen LogP contribution < -0.4 is 4.90 Å². The van der Waals surface area contributed by atoms with Gasteiger partial charge in [0.2, 0.25) is 0 Å². The number of nitrogens with zero attached hydrogens (tertiary/aromatic N) is 1. The average molecular weight is 263 g/mol. The van der Waals surface area contributed by atoms with Gasteiger partial charge in [-0.3, -0.25) is 4.90 Å². The van der Waals surface area contributed by atoms with Crippen molar-refractivity contribution in [3.63, 3.8) is 0 Å². The number of fused-ring (bicyclic) bond motifs is 1. The molecule has 5 heteroatoms. The van der Waals surface area contributed by atoms with E-state index in [1.54, 1.807) is 30.0 Å². The van der Waals surface area contributed by atoms with E-state index in [9.17, 15) is 9.59 Å². The number of esters is 1. The first-order valence-electron chi connectivity index (χ1n) is 6.33. The summed E-state index contributed by atoms with van der Waals surface area (Å²) in [6, 6.07) is 5.23. The zero-order chi connectivity index (χ0) is 13.8. The van der Waals surface area contributed by atoms with Gasteiger partial charge in [0, 0.05) is 6.54 Å². The second-order valence-corrected chi connectivity index (χ2v) is 4.29. The number of anilines is 1. The van der Waals surface area contributed by atoms with Gasteiger partial charge in [0.15, 0.2) is 0 Å². The zero-order valence-corrected chi connectivity index (χ0v) is 11.1. The fourth-order valence-electron chi connectivity index (χ4n) is 2.23. The fourth-order valence-corrected chi connectivity index (χ4v) is 2.23. The van der Waals surface area contributed by atoms with Gasteiger partial charge in [-0.15, -0.1) is 0 Å². The Morgan fingerprint density at radius 3 is 2.84 bits per heavy atom. The van der Waals surface area contributed by atoms with Crippen LogP contribution in [0.15, 0.2) is 18.2 Å². The van der Waals surface area contributed by atoms with E-state index in [1.807, 2.05) is 0 Å². The van der Waals surface area contributed by atoms with E-state index in [0.717, 1.165) is 24.1 Å².